The SMILES string of the molecule is Cn1c(=O)c(-c2cccc(F)c2)cc2cnc(NN3CC4CCCC4C3)nc21. The highest BCUT2D eigenvalue weighted by Crippen LogP contribution is 2.37. The van der Waals surface area contributed by atoms with E-state index in [4.69, 9.17) is 0 Å². The lowest BCUT2D eigenvalue weighted by Gasteiger charge is -2.18. The van der Waals surface area contributed by atoms with Gasteiger partial charge in [0, 0.05) is 37.3 Å². The van der Waals surface area contributed by atoms with Gasteiger partial charge < -0.3 is 0 Å². The first-order chi connectivity index (χ1) is 13.6. The zero-order valence-electron chi connectivity index (χ0n) is 15.7. The highest BCUT2D eigenvalue weighted by molar-refractivity contribution is 5.81. The first kappa shape index (κ1) is 17.3. The van der Waals surface area contributed by atoms with Gasteiger partial charge in [-0.25, -0.2) is 14.4 Å². The summed E-state index contributed by atoms with van der Waals surface area (Å²) in [5.41, 5.74) is 4.64. The lowest BCUT2D eigenvalue weighted by Crippen LogP contribution is -2.29. The lowest BCUT2D eigenvalue weighted by molar-refractivity contribution is 0.369. The summed E-state index contributed by atoms with van der Waals surface area (Å²) >= 11 is 0. The minimum atomic E-state index is -0.370. The Morgan fingerprint density at radius 1 is 1.18 bits per heavy atom. The molecule has 1 saturated carbocycles. The van der Waals surface area contributed by atoms with Crippen molar-refractivity contribution >= 4 is 17.0 Å². The molecule has 1 aliphatic carbocycles. The summed E-state index contributed by atoms with van der Waals surface area (Å²) in [6.07, 6.45) is 5.66. The molecule has 1 aliphatic heterocycles. The van der Waals surface area contributed by atoms with Gasteiger partial charge in [-0.1, -0.05) is 18.6 Å². The van der Waals surface area contributed by atoms with Crippen LogP contribution in [-0.4, -0.2) is 32.6 Å². The molecular weight excluding hydrogens is 357 g/mol. The molecule has 144 valence electrons. The van der Waals surface area contributed by atoms with Crippen molar-refractivity contribution in [3.8, 4) is 11.1 Å². The smallest absolute Gasteiger partial charge is 0.259 e. The second-order valence-electron chi connectivity index (χ2n) is 7.87. The van der Waals surface area contributed by atoms with Gasteiger partial charge >= 0.3 is 0 Å². The van der Waals surface area contributed by atoms with E-state index in [1.165, 1.54) is 36.0 Å². The molecule has 2 atom stereocenters. The van der Waals surface area contributed by atoms with Crippen LogP contribution in [0.15, 0.2) is 41.3 Å². The first-order valence-corrected chi connectivity index (χ1v) is 9.73. The molecule has 7 heteroatoms. The molecule has 1 N–H and O–H groups in total. The molecule has 0 radical (unpaired) electrons. The lowest BCUT2D eigenvalue weighted by atomic mass is 10.0. The van der Waals surface area contributed by atoms with Gasteiger partial charge in [-0.15, -0.1) is 0 Å². The molecule has 3 heterocycles. The van der Waals surface area contributed by atoms with E-state index in [-0.39, 0.29) is 11.4 Å². The molecule has 0 amide bonds. The van der Waals surface area contributed by atoms with E-state index in [9.17, 15) is 9.18 Å². The Balaban J connectivity index is 1.48. The number of benzene rings is 1. The Labute approximate surface area is 162 Å². The Morgan fingerprint density at radius 2 is 1.96 bits per heavy atom. The number of pyridine rings is 1. The molecule has 3 aromatic rings. The highest BCUT2D eigenvalue weighted by Gasteiger charge is 2.36. The van der Waals surface area contributed by atoms with Crippen molar-refractivity contribution < 1.29 is 4.39 Å². The van der Waals surface area contributed by atoms with Crippen molar-refractivity contribution in [3.05, 3.63) is 52.7 Å². The van der Waals surface area contributed by atoms with Crippen LogP contribution >= 0.6 is 0 Å². The number of aryl methyl sites for hydroxylation is 1. The van der Waals surface area contributed by atoms with Crippen molar-refractivity contribution in [3.63, 3.8) is 0 Å². The molecule has 2 aromatic heterocycles. The van der Waals surface area contributed by atoms with Crippen LogP contribution in [0.4, 0.5) is 10.3 Å². The fourth-order valence-electron chi connectivity index (χ4n) is 4.63. The third kappa shape index (κ3) is 2.96. The van der Waals surface area contributed by atoms with E-state index in [2.05, 4.69) is 20.4 Å². The topological polar surface area (TPSA) is 63.1 Å². The second-order valence-corrected chi connectivity index (χ2v) is 7.87. The predicted octanol–water partition coefficient (Wildman–Crippen LogP) is 3.19. The zero-order chi connectivity index (χ0) is 19.3. The first-order valence-electron chi connectivity index (χ1n) is 9.73. The van der Waals surface area contributed by atoms with Crippen LogP contribution in [-0.2, 0) is 7.05 Å². The summed E-state index contributed by atoms with van der Waals surface area (Å²) in [6.45, 7) is 2.03. The van der Waals surface area contributed by atoms with Gasteiger partial charge in [0.05, 0.1) is 0 Å². The average molecular weight is 379 g/mol. The standard InChI is InChI=1S/C21H22FN5O/c1-26-19-16(9-18(20(26)28)13-4-3-7-17(22)8-13)10-23-21(24-19)25-27-11-14-5-2-6-15(14)12-27/h3-4,7-10,14-15H,2,5-6,11-12H2,1H3,(H,23,24,25). The van der Waals surface area contributed by atoms with E-state index < -0.39 is 0 Å². The number of halogens is 1. The Bertz CT molecular complexity index is 1100. The van der Waals surface area contributed by atoms with Gasteiger partial charge in [0.15, 0.2) is 0 Å². The van der Waals surface area contributed by atoms with Crippen LogP contribution in [0.25, 0.3) is 22.2 Å². The summed E-state index contributed by atoms with van der Waals surface area (Å²) in [7, 11) is 1.69. The molecular formula is C21H22FN5O. The normalized spacial score (nSPS) is 21.9. The summed E-state index contributed by atoms with van der Waals surface area (Å²) in [5, 5.41) is 2.93. The monoisotopic (exact) mass is 379 g/mol. The van der Waals surface area contributed by atoms with Crippen LogP contribution in [0.3, 0.4) is 0 Å². The molecule has 1 saturated heterocycles. The number of nitrogens with one attached hydrogen (secondary N) is 1. The average Bonchev–Trinajstić information content (AvgIpc) is 3.26. The summed E-state index contributed by atoms with van der Waals surface area (Å²) in [4.78, 5) is 21.8. The maximum atomic E-state index is 13.6. The van der Waals surface area contributed by atoms with Gasteiger partial charge in [0.25, 0.3) is 5.56 Å². The van der Waals surface area contributed by atoms with Gasteiger partial charge in [0.2, 0.25) is 5.95 Å². The van der Waals surface area contributed by atoms with Crippen LogP contribution < -0.4 is 11.0 Å². The van der Waals surface area contributed by atoms with Gasteiger partial charge in [-0.05, 0) is 48.4 Å². The Kier molecular flexibility index (Phi) is 4.12. The quantitative estimate of drug-likeness (QED) is 0.757. The van der Waals surface area contributed by atoms with E-state index >= 15 is 0 Å². The molecule has 2 fully saturated rings. The number of hydrogen-bond donors (Lipinski definition) is 1. The fourth-order valence-corrected chi connectivity index (χ4v) is 4.63. The number of rotatable bonds is 3. The number of fused-ring (bicyclic) bond motifs is 2. The second kappa shape index (κ2) is 6.67. The molecule has 0 spiro atoms. The Hall–Kier alpha value is -2.80. The largest absolute Gasteiger partial charge is 0.295 e. The van der Waals surface area contributed by atoms with Gasteiger partial charge in [-0.3, -0.25) is 14.8 Å². The summed E-state index contributed by atoms with van der Waals surface area (Å²) in [5.74, 6) is 1.67. The maximum Gasteiger partial charge on any atom is 0.259 e. The molecule has 5 rings (SSSR count). The van der Waals surface area contributed by atoms with E-state index in [0.29, 0.717) is 22.7 Å². The number of anilines is 1. The van der Waals surface area contributed by atoms with E-state index in [1.807, 2.05) is 0 Å². The maximum absolute atomic E-state index is 13.6. The van der Waals surface area contributed by atoms with Gasteiger partial charge in [-0.2, -0.15) is 4.98 Å². The summed E-state index contributed by atoms with van der Waals surface area (Å²) in [6, 6.07) is 7.79. The van der Waals surface area contributed by atoms with Crippen molar-refractivity contribution in [1.29, 1.82) is 0 Å². The molecule has 28 heavy (non-hydrogen) atoms. The fraction of sp³-hybridized carbons (Fsp3) is 0.381. The van der Waals surface area contributed by atoms with Crippen molar-refractivity contribution in [2.24, 2.45) is 18.9 Å². The van der Waals surface area contributed by atoms with Crippen molar-refractivity contribution in [1.82, 2.24) is 19.5 Å². The minimum absolute atomic E-state index is 0.210. The third-order valence-corrected chi connectivity index (χ3v) is 6.07. The van der Waals surface area contributed by atoms with Crippen molar-refractivity contribution in [2.45, 2.75) is 19.3 Å². The van der Waals surface area contributed by atoms with Crippen molar-refractivity contribution in [2.75, 3.05) is 18.5 Å². The van der Waals surface area contributed by atoms with Crippen LogP contribution in [0, 0.1) is 17.7 Å². The zero-order valence-corrected chi connectivity index (χ0v) is 15.7. The van der Waals surface area contributed by atoms with Crippen LogP contribution in [0.5, 0.6) is 0 Å². The molecule has 1 aromatic carbocycles. The predicted molar refractivity (Wildman–Crippen MR) is 106 cm³/mol. The molecule has 2 unspecified atom stereocenters. The third-order valence-electron chi connectivity index (χ3n) is 6.07. The van der Waals surface area contributed by atoms with Crippen LogP contribution in [0.2, 0.25) is 0 Å². The van der Waals surface area contributed by atoms with E-state index in [0.717, 1.165) is 30.3 Å². The minimum Gasteiger partial charge on any atom is -0.295 e. The summed E-state index contributed by atoms with van der Waals surface area (Å²) < 4.78 is 15.1. The highest BCUT2D eigenvalue weighted by atomic mass is 19.1. The molecule has 0 bridgehead atoms. The molecule has 6 nitrogen and oxygen atoms in total. The number of aromatic nitrogens is 3. The van der Waals surface area contributed by atoms with E-state index in [1.54, 1.807) is 31.4 Å². The number of nitrogens with zero attached hydrogens (tertiary/aromatic N) is 4. The van der Waals surface area contributed by atoms with Gasteiger partial charge in [0.1, 0.15) is 11.5 Å². The number of hydrogen-bond acceptors (Lipinski definition) is 5. The number of hydrazine groups is 1. The van der Waals surface area contributed by atoms with Crippen LogP contribution in [0.1, 0.15) is 19.3 Å². The Morgan fingerprint density at radius 3 is 2.71 bits per heavy atom. The molecule has 2 aliphatic rings.